The SMILES string of the molecule is CC(C)Cc1nc2cnc(N3CCC[C@@H]3C#N)cc2n1[C@@H]1CCC[C@H](NC(=O)c2ncc(Cl)s2)C1. The number of nitrogens with one attached hydrogen (secondary N) is 1. The zero-order chi connectivity index (χ0) is 24.5. The third-order valence-electron chi connectivity index (χ3n) is 6.94. The standard InChI is InChI=1S/C25H30ClN7OS/c1-15(2)9-23-31-19-13-28-22(32-8-4-7-18(32)12-27)11-20(19)33(23)17-6-3-5-16(10-17)30-24(34)25-29-14-21(26)35-25/h11,13-18H,3-10H2,1-2H3,(H,30,34)/t16-,17+,18+/m0/s1. The Kier molecular flexibility index (Phi) is 6.94. The van der Waals surface area contributed by atoms with Crippen LogP contribution in [0.15, 0.2) is 18.5 Å². The molecule has 10 heteroatoms. The first kappa shape index (κ1) is 24.0. The summed E-state index contributed by atoms with van der Waals surface area (Å²) in [5.41, 5.74) is 1.96. The first-order valence-corrected chi connectivity index (χ1v) is 13.6. The van der Waals surface area contributed by atoms with Gasteiger partial charge in [0.05, 0.1) is 24.0 Å². The molecular weight excluding hydrogens is 482 g/mol. The number of anilines is 1. The molecule has 0 radical (unpaired) electrons. The van der Waals surface area contributed by atoms with Crippen LogP contribution < -0.4 is 10.2 Å². The molecule has 0 unspecified atom stereocenters. The monoisotopic (exact) mass is 511 g/mol. The average molecular weight is 512 g/mol. The molecule has 0 spiro atoms. The zero-order valence-corrected chi connectivity index (χ0v) is 21.6. The van der Waals surface area contributed by atoms with Crippen LogP contribution in [0, 0.1) is 17.2 Å². The Balaban J connectivity index is 1.45. The van der Waals surface area contributed by atoms with Crippen LogP contribution in [0.1, 0.15) is 74.0 Å². The quantitative estimate of drug-likeness (QED) is 0.491. The first-order valence-electron chi connectivity index (χ1n) is 12.4. The Morgan fingerprint density at radius 3 is 2.89 bits per heavy atom. The molecule has 1 saturated carbocycles. The fourth-order valence-electron chi connectivity index (χ4n) is 5.42. The number of thiazole rings is 1. The summed E-state index contributed by atoms with van der Waals surface area (Å²) in [5.74, 6) is 2.22. The van der Waals surface area contributed by atoms with E-state index in [1.165, 1.54) is 17.5 Å². The Labute approximate surface area is 214 Å². The van der Waals surface area contributed by atoms with Crippen molar-refractivity contribution in [2.75, 3.05) is 11.4 Å². The molecule has 2 fully saturated rings. The highest BCUT2D eigenvalue weighted by Crippen LogP contribution is 2.35. The molecule has 3 atom stereocenters. The van der Waals surface area contributed by atoms with E-state index in [0.717, 1.165) is 74.2 Å². The summed E-state index contributed by atoms with van der Waals surface area (Å²) in [7, 11) is 0. The van der Waals surface area contributed by atoms with Gasteiger partial charge in [0, 0.05) is 31.1 Å². The number of amides is 1. The number of aromatic nitrogens is 4. The second-order valence-electron chi connectivity index (χ2n) is 9.97. The number of nitrogens with zero attached hydrogens (tertiary/aromatic N) is 6. The summed E-state index contributed by atoms with van der Waals surface area (Å²) in [6.45, 7) is 5.26. The zero-order valence-electron chi connectivity index (χ0n) is 20.1. The maximum Gasteiger partial charge on any atom is 0.280 e. The summed E-state index contributed by atoms with van der Waals surface area (Å²) in [5, 5.41) is 13.2. The minimum Gasteiger partial charge on any atom is -0.347 e. The highest BCUT2D eigenvalue weighted by molar-refractivity contribution is 7.17. The fourth-order valence-corrected chi connectivity index (χ4v) is 6.24. The maximum absolute atomic E-state index is 12.7. The molecular formula is C25H30ClN7OS. The molecule has 0 aromatic carbocycles. The van der Waals surface area contributed by atoms with E-state index < -0.39 is 0 Å². The Morgan fingerprint density at radius 1 is 1.29 bits per heavy atom. The molecule has 5 rings (SSSR count). The molecule has 3 aromatic rings. The lowest BCUT2D eigenvalue weighted by molar-refractivity contribution is 0.0920. The summed E-state index contributed by atoms with van der Waals surface area (Å²) < 4.78 is 2.90. The number of hydrogen-bond acceptors (Lipinski definition) is 7. The summed E-state index contributed by atoms with van der Waals surface area (Å²) in [6.07, 6.45) is 9.97. The number of halogens is 1. The van der Waals surface area contributed by atoms with Crippen molar-refractivity contribution < 1.29 is 4.79 Å². The van der Waals surface area contributed by atoms with Gasteiger partial charge in [0.25, 0.3) is 5.91 Å². The van der Waals surface area contributed by atoms with Gasteiger partial charge in [-0.15, -0.1) is 0 Å². The summed E-state index contributed by atoms with van der Waals surface area (Å²) in [4.78, 5) is 28.6. The third kappa shape index (κ3) is 5.00. The summed E-state index contributed by atoms with van der Waals surface area (Å²) in [6, 6.07) is 4.70. The number of hydrogen-bond donors (Lipinski definition) is 1. The molecule has 2 aliphatic rings. The first-order chi connectivity index (χ1) is 16.9. The fraction of sp³-hybridized carbons (Fsp3) is 0.560. The molecule has 1 saturated heterocycles. The van der Waals surface area contributed by atoms with Gasteiger partial charge in [-0.1, -0.05) is 36.8 Å². The lowest BCUT2D eigenvalue weighted by Crippen LogP contribution is -2.39. The van der Waals surface area contributed by atoms with Crippen LogP contribution in [-0.2, 0) is 6.42 Å². The molecule has 1 aliphatic heterocycles. The third-order valence-corrected chi connectivity index (χ3v) is 8.05. The highest BCUT2D eigenvalue weighted by atomic mass is 35.5. The molecule has 1 N–H and O–H groups in total. The minimum absolute atomic E-state index is 0.0659. The summed E-state index contributed by atoms with van der Waals surface area (Å²) >= 11 is 7.17. The van der Waals surface area contributed by atoms with Crippen LogP contribution in [0.2, 0.25) is 4.34 Å². The van der Waals surface area contributed by atoms with Crippen molar-refractivity contribution in [3.8, 4) is 6.07 Å². The van der Waals surface area contributed by atoms with Gasteiger partial charge in [-0.2, -0.15) is 5.26 Å². The van der Waals surface area contributed by atoms with Crippen molar-refractivity contribution in [3.63, 3.8) is 0 Å². The Bertz CT molecular complexity index is 1260. The lowest BCUT2D eigenvalue weighted by atomic mass is 9.90. The van der Waals surface area contributed by atoms with E-state index >= 15 is 0 Å². The molecule has 1 aliphatic carbocycles. The van der Waals surface area contributed by atoms with Crippen LogP contribution in [0.4, 0.5) is 5.82 Å². The molecule has 184 valence electrons. The smallest absolute Gasteiger partial charge is 0.280 e. The predicted molar refractivity (Wildman–Crippen MR) is 138 cm³/mol. The van der Waals surface area contributed by atoms with Crippen LogP contribution in [-0.4, -0.2) is 44.1 Å². The molecule has 35 heavy (non-hydrogen) atoms. The second kappa shape index (κ2) is 10.1. The number of imidazole rings is 1. The van der Waals surface area contributed by atoms with Crippen LogP contribution in [0.5, 0.6) is 0 Å². The van der Waals surface area contributed by atoms with Crippen molar-refractivity contribution in [2.45, 2.75) is 76.9 Å². The topological polar surface area (TPSA) is 99.7 Å². The van der Waals surface area contributed by atoms with Gasteiger partial charge >= 0.3 is 0 Å². The van der Waals surface area contributed by atoms with Gasteiger partial charge in [0.2, 0.25) is 0 Å². The number of nitriles is 1. The van der Waals surface area contributed by atoms with Crippen molar-refractivity contribution in [1.29, 1.82) is 5.26 Å². The van der Waals surface area contributed by atoms with Crippen molar-refractivity contribution >= 4 is 45.7 Å². The van der Waals surface area contributed by atoms with Crippen molar-refractivity contribution in [2.24, 2.45) is 5.92 Å². The van der Waals surface area contributed by atoms with Crippen LogP contribution in [0.25, 0.3) is 11.0 Å². The van der Waals surface area contributed by atoms with E-state index in [4.69, 9.17) is 16.6 Å². The normalized spacial score (nSPS) is 22.6. The number of carbonyl (C=O) groups is 1. The second-order valence-corrected chi connectivity index (χ2v) is 11.6. The minimum atomic E-state index is -0.159. The van der Waals surface area contributed by atoms with Gasteiger partial charge in [-0.3, -0.25) is 4.79 Å². The van der Waals surface area contributed by atoms with E-state index in [1.54, 1.807) is 0 Å². The molecule has 0 bridgehead atoms. The predicted octanol–water partition coefficient (Wildman–Crippen LogP) is 5.15. The van der Waals surface area contributed by atoms with E-state index in [1.807, 2.05) is 6.20 Å². The molecule has 3 aromatic heterocycles. The van der Waals surface area contributed by atoms with E-state index in [2.05, 4.69) is 50.7 Å². The number of fused-ring (bicyclic) bond motifs is 1. The molecule has 1 amide bonds. The number of carbonyl (C=O) groups excluding carboxylic acids is 1. The highest BCUT2D eigenvalue weighted by Gasteiger charge is 2.30. The van der Waals surface area contributed by atoms with Gasteiger partial charge < -0.3 is 14.8 Å². The molecule has 8 nitrogen and oxygen atoms in total. The number of pyridine rings is 1. The van der Waals surface area contributed by atoms with Gasteiger partial charge in [-0.25, -0.2) is 15.0 Å². The van der Waals surface area contributed by atoms with E-state index in [0.29, 0.717) is 15.3 Å². The van der Waals surface area contributed by atoms with Crippen LogP contribution >= 0.6 is 22.9 Å². The maximum atomic E-state index is 12.7. The lowest BCUT2D eigenvalue weighted by Gasteiger charge is -2.32. The number of rotatable bonds is 6. The van der Waals surface area contributed by atoms with Gasteiger partial charge in [-0.05, 0) is 44.4 Å². The largest absolute Gasteiger partial charge is 0.347 e. The molecule has 4 heterocycles. The van der Waals surface area contributed by atoms with Crippen molar-refractivity contribution in [3.05, 3.63) is 33.6 Å². The Hall–Kier alpha value is -2.70. The van der Waals surface area contributed by atoms with Crippen LogP contribution in [0.3, 0.4) is 0 Å². The Morgan fingerprint density at radius 2 is 2.14 bits per heavy atom. The van der Waals surface area contributed by atoms with E-state index in [9.17, 15) is 10.1 Å². The van der Waals surface area contributed by atoms with Gasteiger partial charge in [0.15, 0.2) is 5.01 Å². The van der Waals surface area contributed by atoms with Gasteiger partial charge in [0.1, 0.15) is 27.5 Å². The van der Waals surface area contributed by atoms with E-state index in [-0.39, 0.29) is 24.0 Å². The average Bonchev–Trinajstić information content (AvgIpc) is 3.56. The van der Waals surface area contributed by atoms with Crippen molar-refractivity contribution in [1.82, 2.24) is 24.8 Å².